The molecule has 2 heterocycles. The number of amides is 1. The Morgan fingerprint density at radius 3 is 2.95 bits per heavy atom. The second kappa shape index (κ2) is 6.79. The molecule has 0 spiro atoms. The van der Waals surface area contributed by atoms with E-state index >= 15 is 0 Å². The van der Waals surface area contributed by atoms with Crippen LogP contribution in [0.4, 0.5) is 5.69 Å². The molecule has 0 bridgehead atoms. The number of nitrogens with one attached hydrogen (secondary N) is 2. The molecule has 102 valence electrons. The highest BCUT2D eigenvalue weighted by atomic mass is 32.1. The summed E-state index contributed by atoms with van der Waals surface area (Å²) in [6, 6.07) is 1.94. The molecule has 4 nitrogen and oxygen atoms in total. The lowest BCUT2D eigenvalue weighted by Crippen LogP contribution is -2.20. The summed E-state index contributed by atoms with van der Waals surface area (Å²) in [6.07, 6.45) is 1.84. The van der Waals surface area contributed by atoms with E-state index in [2.05, 4.69) is 22.5 Å². The van der Waals surface area contributed by atoms with Crippen molar-refractivity contribution in [1.82, 2.24) is 10.3 Å². The molecule has 0 aliphatic rings. The molecule has 2 aromatic heterocycles. The SMILES string of the molecule is CC(=O)Nc1ccsc1CNCC(C)c1nccs1. The topological polar surface area (TPSA) is 54.0 Å². The molecule has 0 saturated carbocycles. The molecular weight excluding hydrogens is 278 g/mol. The molecule has 19 heavy (non-hydrogen) atoms. The van der Waals surface area contributed by atoms with Crippen molar-refractivity contribution in [3.05, 3.63) is 32.9 Å². The zero-order valence-corrected chi connectivity index (χ0v) is 12.6. The van der Waals surface area contributed by atoms with E-state index in [9.17, 15) is 4.79 Å². The lowest BCUT2D eigenvalue weighted by atomic mass is 10.2. The van der Waals surface area contributed by atoms with Crippen LogP contribution in [0.25, 0.3) is 0 Å². The van der Waals surface area contributed by atoms with Gasteiger partial charge in [0.1, 0.15) is 0 Å². The van der Waals surface area contributed by atoms with Gasteiger partial charge in [-0.15, -0.1) is 22.7 Å². The summed E-state index contributed by atoms with van der Waals surface area (Å²) >= 11 is 3.34. The van der Waals surface area contributed by atoms with Gasteiger partial charge in [-0.1, -0.05) is 6.92 Å². The maximum atomic E-state index is 11.1. The second-order valence-corrected chi connectivity index (χ2v) is 6.27. The van der Waals surface area contributed by atoms with Gasteiger partial charge in [0.15, 0.2) is 0 Å². The minimum Gasteiger partial charge on any atom is -0.325 e. The van der Waals surface area contributed by atoms with Crippen LogP contribution in [0.1, 0.15) is 29.7 Å². The van der Waals surface area contributed by atoms with Crippen LogP contribution in [0, 0.1) is 0 Å². The van der Waals surface area contributed by atoms with Crippen molar-refractivity contribution in [2.75, 3.05) is 11.9 Å². The van der Waals surface area contributed by atoms with Crippen molar-refractivity contribution < 1.29 is 4.79 Å². The highest BCUT2D eigenvalue weighted by Crippen LogP contribution is 2.22. The van der Waals surface area contributed by atoms with Crippen LogP contribution in [-0.4, -0.2) is 17.4 Å². The lowest BCUT2D eigenvalue weighted by Gasteiger charge is -2.10. The Balaban J connectivity index is 1.82. The van der Waals surface area contributed by atoms with Crippen LogP contribution >= 0.6 is 22.7 Å². The van der Waals surface area contributed by atoms with Gasteiger partial charge in [0.05, 0.1) is 10.7 Å². The summed E-state index contributed by atoms with van der Waals surface area (Å²) in [5, 5.41) is 11.4. The van der Waals surface area contributed by atoms with E-state index in [-0.39, 0.29) is 5.91 Å². The molecule has 1 atom stereocenters. The molecule has 1 amide bonds. The van der Waals surface area contributed by atoms with Crippen molar-refractivity contribution in [3.63, 3.8) is 0 Å². The summed E-state index contributed by atoms with van der Waals surface area (Å²) in [7, 11) is 0. The number of carbonyl (C=O) groups excluding carboxylic acids is 1. The third kappa shape index (κ3) is 4.12. The average Bonchev–Trinajstić information content (AvgIpc) is 3.00. The summed E-state index contributed by atoms with van der Waals surface area (Å²) < 4.78 is 0. The maximum absolute atomic E-state index is 11.1. The van der Waals surface area contributed by atoms with Crippen molar-refractivity contribution in [3.8, 4) is 0 Å². The Bertz CT molecular complexity index is 522. The Labute approximate surface area is 120 Å². The van der Waals surface area contributed by atoms with Gasteiger partial charge in [-0.05, 0) is 11.4 Å². The van der Waals surface area contributed by atoms with E-state index in [1.54, 1.807) is 22.7 Å². The molecule has 0 aromatic carbocycles. The van der Waals surface area contributed by atoms with Crippen molar-refractivity contribution in [2.45, 2.75) is 26.3 Å². The monoisotopic (exact) mass is 295 g/mol. The minimum atomic E-state index is -0.0317. The summed E-state index contributed by atoms with van der Waals surface area (Å²) in [5.74, 6) is 0.375. The van der Waals surface area contributed by atoms with E-state index in [4.69, 9.17) is 0 Å². The van der Waals surface area contributed by atoms with Crippen LogP contribution in [0.15, 0.2) is 23.0 Å². The van der Waals surface area contributed by atoms with Crippen molar-refractivity contribution in [2.24, 2.45) is 0 Å². The first-order valence-electron chi connectivity index (χ1n) is 6.11. The number of thiazole rings is 1. The second-order valence-electron chi connectivity index (χ2n) is 4.34. The fourth-order valence-electron chi connectivity index (χ4n) is 1.75. The molecule has 0 aliphatic carbocycles. The summed E-state index contributed by atoms with van der Waals surface area (Å²) in [4.78, 5) is 16.5. The van der Waals surface area contributed by atoms with Gasteiger partial charge in [-0.25, -0.2) is 4.98 Å². The number of thiophene rings is 1. The van der Waals surface area contributed by atoms with Gasteiger partial charge in [-0.2, -0.15) is 0 Å². The first-order chi connectivity index (χ1) is 9.16. The zero-order valence-electron chi connectivity index (χ0n) is 11.0. The predicted octanol–water partition coefficient (Wildman–Crippen LogP) is 3.06. The summed E-state index contributed by atoms with van der Waals surface area (Å²) in [6.45, 7) is 5.34. The van der Waals surface area contributed by atoms with E-state index in [0.29, 0.717) is 5.92 Å². The van der Waals surface area contributed by atoms with Crippen LogP contribution in [0.3, 0.4) is 0 Å². The molecule has 0 saturated heterocycles. The minimum absolute atomic E-state index is 0.0317. The van der Waals surface area contributed by atoms with Crippen LogP contribution < -0.4 is 10.6 Å². The number of aromatic nitrogens is 1. The van der Waals surface area contributed by atoms with E-state index in [0.717, 1.165) is 28.7 Å². The Kier molecular flexibility index (Phi) is 5.07. The van der Waals surface area contributed by atoms with Gasteiger partial charge >= 0.3 is 0 Å². The number of hydrogen-bond acceptors (Lipinski definition) is 5. The van der Waals surface area contributed by atoms with Gasteiger partial charge in [0.2, 0.25) is 5.91 Å². The fraction of sp³-hybridized carbons (Fsp3) is 0.385. The quantitative estimate of drug-likeness (QED) is 0.861. The molecule has 2 N–H and O–H groups in total. The highest BCUT2D eigenvalue weighted by molar-refractivity contribution is 7.10. The van der Waals surface area contributed by atoms with Gasteiger partial charge in [-0.3, -0.25) is 4.79 Å². The molecule has 0 aliphatic heterocycles. The van der Waals surface area contributed by atoms with Crippen LogP contribution in [-0.2, 0) is 11.3 Å². The number of hydrogen-bond donors (Lipinski definition) is 2. The molecule has 0 radical (unpaired) electrons. The van der Waals surface area contributed by atoms with Gasteiger partial charge in [0, 0.05) is 42.4 Å². The standard InChI is InChI=1S/C13H17N3OS2/c1-9(13-15-4-6-19-13)7-14-8-12-11(3-5-18-12)16-10(2)17/h3-6,9,14H,7-8H2,1-2H3,(H,16,17). The molecule has 2 rings (SSSR count). The smallest absolute Gasteiger partial charge is 0.221 e. The molecular formula is C13H17N3OS2. The molecule has 0 fully saturated rings. The number of nitrogens with zero attached hydrogens (tertiary/aromatic N) is 1. The Hall–Kier alpha value is -1.24. The van der Waals surface area contributed by atoms with E-state index in [1.807, 2.05) is 23.0 Å². The van der Waals surface area contributed by atoms with Crippen LogP contribution in [0.5, 0.6) is 0 Å². The van der Waals surface area contributed by atoms with Crippen molar-refractivity contribution >= 4 is 34.3 Å². The third-order valence-corrected chi connectivity index (χ3v) is 4.59. The molecule has 1 unspecified atom stereocenters. The molecule has 2 aromatic rings. The third-order valence-electron chi connectivity index (χ3n) is 2.67. The zero-order chi connectivity index (χ0) is 13.7. The normalized spacial score (nSPS) is 12.3. The predicted molar refractivity (Wildman–Crippen MR) is 80.9 cm³/mol. The lowest BCUT2D eigenvalue weighted by molar-refractivity contribution is -0.114. The number of rotatable bonds is 6. The Morgan fingerprint density at radius 2 is 2.26 bits per heavy atom. The molecule has 6 heteroatoms. The fourth-order valence-corrected chi connectivity index (χ4v) is 3.24. The largest absolute Gasteiger partial charge is 0.325 e. The van der Waals surface area contributed by atoms with E-state index < -0.39 is 0 Å². The first-order valence-corrected chi connectivity index (χ1v) is 7.87. The first kappa shape index (κ1) is 14.2. The van der Waals surface area contributed by atoms with Crippen molar-refractivity contribution in [1.29, 1.82) is 0 Å². The van der Waals surface area contributed by atoms with E-state index in [1.165, 1.54) is 6.92 Å². The summed E-state index contributed by atoms with van der Waals surface area (Å²) in [5.41, 5.74) is 0.909. The van der Waals surface area contributed by atoms with Crippen LogP contribution in [0.2, 0.25) is 0 Å². The number of carbonyl (C=O) groups is 1. The Morgan fingerprint density at radius 1 is 1.42 bits per heavy atom. The van der Waals surface area contributed by atoms with Gasteiger partial charge < -0.3 is 10.6 Å². The highest BCUT2D eigenvalue weighted by Gasteiger charge is 2.09. The maximum Gasteiger partial charge on any atom is 0.221 e. The average molecular weight is 295 g/mol. The van der Waals surface area contributed by atoms with Gasteiger partial charge in [0.25, 0.3) is 0 Å². The number of anilines is 1.